The lowest BCUT2D eigenvalue weighted by atomic mass is 9.88. The van der Waals surface area contributed by atoms with Gasteiger partial charge in [0.1, 0.15) is 17.9 Å². The second kappa shape index (κ2) is 8.70. The van der Waals surface area contributed by atoms with Crippen LogP contribution in [0.25, 0.3) is 0 Å². The molecule has 1 saturated heterocycles. The zero-order chi connectivity index (χ0) is 20.3. The van der Waals surface area contributed by atoms with E-state index in [9.17, 15) is 19.7 Å². The first-order valence-electron chi connectivity index (χ1n) is 10.1. The molecule has 2 amide bonds. The number of nitro groups is 1. The number of carbonyl (C=O) groups excluding carboxylic acids is 2. The van der Waals surface area contributed by atoms with E-state index >= 15 is 0 Å². The molecule has 2 fully saturated rings. The van der Waals surface area contributed by atoms with Crippen molar-refractivity contribution < 1.29 is 14.5 Å². The molecule has 154 valence electrons. The van der Waals surface area contributed by atoms with Gasteiger partial charge >= 0.3 is 5.69 Å². The van der Waals surface area contributed by atoms with E-state index in [1.807, 2.05) is 0 Å². The molecule has 0 atom stereocenters. The molecule has 1 aliphatic carbocycles. The van der Waals surface area contributed by atoms with Gasteiger partial charge in [-0.1, -0.05) is 19.3 Å². The molecule has 0 spiro atoms. The minimum Gasteiger partial charge on any atom is -0.353 e. The molecular formula is C19H29N5O4. The minimum absolute atomic E-state index is 0.000384. The van der Waals surface area contributed by atoms with Gasteiger partial charge in [-0.25, -0.2) is 0 Å². The first-order valence-corrected chi connectivity index (χ1v) is 10.1. The number of nitrogens with zero attached hydrogens (tertiary/aromatic N) is 4. The third-order valence-corrected chi connectivity index (χ3v) is 5.98. The van der Waals surface area contributed by atoms with Crippen molar-refractivity contribution >= 4 is 17.5 Å². The molecule has 0 aromatic carbocycles. The molecule has 1 aromatic rings. The zero-order valence-electron chi connectivity index (χ0n) is 16.6. The molecular weight excluding hydrogens is 362 g/mol. The van der Waals surface area contributed by atoms with E-state index < -0.39 is 4.92 Å². The minimum atomic E-state index is -0.459. The summed E-state index contributed by atoms with van der Waals surface area (Å²) in [4.78, 5) is 37.4. The van der Waals surface area contributed by atoms with E-state index in [0.29, 0.717) is 24.5 Å². The SMILES string of the molecule is Cc1nn(CC(=O)N2CCC(NC(=O)C3CCCCC3)CC2)c(C)c1[N+](=O)[O-]. The number of hydrogen-bond acceptors (Lipinski definition) is 5. The summed E-state index contributed by atoms with van der Waals surface area (Å²) in [7, 11) is 0. The quantitative estimate of drug-likeness (QED) is 0.610. The van der Waals surface area contributed by atoms with Crippen molar-refractivity contribution in [3.8, 4) is 0 Å². The summed E-state index contributed by atoms with van der Waals surface area (Å²) in [6.07, 6.45) is 6.94. The third kappa shape index (κ3) is 4.51. The van der Waals surface area contributed by atoms with Crippen molar-refractivity contribution in [1.82, 2.24) is 20.0 Å². The van der Waals surface area contributed by atoms with Crippen molar-refractivity contribution in [3.63, 3.8) is 0 Å². The van der Waals surface area contributed by atoms with Crippen LogP contribution in [0.5, 0.6) is 0 Å². The van der Waals surface area contributed by atoms with Crippen LogP contribution in [-0.2, 0) is 16.1 Å². The summed E-state index contributed by atoms with van der Waals surface area (Å²) >= 11 is 0. The Labute approximate surface area is 164 Å². The van der Waals surface area contributed by atoms with Crippen molar-refractivity contribution in [2.75, 3.05) is 13.1 Å². The van der Waals surface area contributed by atoms with Gasteiger partial charge in [0, 0.05) is 25.0 Å². The Kier molecular flexibility index (Phi) is 6.31. The molecule has 0 bridgehead atoms. The maximum Gasteiger partial charge on any atom is 0.312 e. The highest BCUT2D eigenvalue weighted by molar-refractivity contribution is 5.79. The Morgan fingerprint density at radius 3 is 2.36 bits per heavy atom. The molecule has 1 aromatic heterocycles. The standard InChI is InChI=1S/C19H29N5O4/c1-13-18(24(27)28)14(2)23(21-13)12-17(25)22-10-8-16(9-11-22)20-19(26)15-6-4-3-5-7-15/h15-16H,3-12H2,1-2H3,(H,20,26). The number of carbonyl (C=O) groups is 2. The van der Waals surface area contributed by atoms with E-state index in [1.54, 1.807) is 18.7 Å². The van der Waals surface area contributed by atoms with Crippen LogP contribution in [0.2, 0.25) is 0 Å². The van der Waals surface area contributed by atoms with Gasteiger partial charge in [0.05, 0.1) is 4.92 Å². The summed E-state index contributed by atoms with van der Waals surface area (Å²) in [5.74, 6) is 0.215. The summed E-state index contributed by atoms with van der Waals surface area (Å²) in [6, 6.07) is 0.119. The Morgan fingerprint density at radius 1 is 1.14 bits per heavy atom. The fourth-order valence-electron chi connectivity index (χ4n) is 4.29. The number of likely N-dealkylation sites (tertiary alicyclic amines) is 1. The summed E-state index contributed by atoms with van der Waals surface area (Å²) in [5, 5.41) is 18.4. The van der Waals surface area contributed by atoms with E-state index in [4.69, 9.17) is 0 Å². The molecule has 9 nitrogen and oxygen atoms in total. The molecule has 0 radical (unpaired) electrons. The van der Waals surface area contributed by atoms with Crippen LogP contribution >= 0.6 is 0 Å². The number of amides is 2. The summed E-state index contributed by atoms with van der Waals surface area (Å²) < 4.78 is 1.41. The topological polar surface area (TPSA) is 110 Å². The highest BCUT2D eigenvalue weighted by atomic mass is 16.6. The Morgan fingerprint density at radius 2 is 1.79 bits per heavy atom. The maximum atomic E-state index is 12.6. The first kappa shape index (κ1) is 20.3. The normalized spacial score (nSPS) is 18.9. The molecule has 1 aliphatic heterocycles. The van der Waals surface area contributed by atoms with Crippen LogP contribution < -0.4 is 5.32 Å². The second-order valence-corrected chi connectivity index (χ2v) is 7.93. The van der Waals surface area contributed by atoms with Crippen LogP contribution in [-0.4, -0.2) is 50.5 Å². The van der Waals surface area contributed by atoms with E-state index in [0.717, 1.165) is 38.5 Å². The van der Waals surface area contributed by atoms with Gasteiger partial charge in [0.15, 0.2) is 0 Å². The lowest BCUT2D eigenvalue weighted by Gasteiger charge is -2.33. The average Bonchev–Trinajstić information content (AvgIpc) is 2.96. The fourth-order valence-corrected chi connectivity index (χ4v) is 4.29. The van der Waals surface area contributed by atoms with Gasteiger partial charge in [-0.15, -0.1) is 0 Å². The number of aryl methyl sites for hydroxylation is 1. The Hall–Kier alpha value is -2.45. The molecule has 9 heteroatoms. The highest BCUT2D eigenvalue weighted by Crippen LogP contribution is 2.25. The maximum absolute atomic E-state index is 12.6. The van der Waals surface area contributed by atoms with Gasteiger partial charge in [-0.2, -0.15) is 5.10 Å². The first-order chi connectivity index (χ1) is 13.4. The van der Waals surface area contributed by atoms with Crippen LogP contribution in [0.1, 0.15) is 56.3 Å². The zero-order valence-corrected chi connectivity index (χ0v) is 16.6. The van der Waals surface area contributed by atoms with Crippen molar-refractivity contribution in [2.24, 2.45) is 5.92 Å². The molecule has 2 aliphatic rings. The number of aromatic nitrogens is 2. The van der Waals surface area contributed by atoms with Crippen molar-refractivity contribution in [3.05, 3.63) is 21.5 Å². The van der Waals surface area contributed by atoms with Gasteiger partial charge in [-0.3, -0.25) is 24.4 Å². The molecule has 0 unspecified atom stereocenters. The smallest absolute Gasteiger partial charge is 0.312 e. The van der Waals surface area contributed by atoms with Crippen LogP contribution in [0.3, 0.4) is 0 Å². The largest absolute Gasteiger partial charge is 0.353 e. The van der Waals surface area contributed by atoms with Gasteiger partial charge in [-0.05, 0) is 39.5 Å². The van der Waals surface area contributed by atoms with Gasteiger partial charge in [0.2, 0.25) is 11.8 Å². The highest BCUT2D eigenvalue weighted by Gasteiger charge is 2.28. The molecule has 3 rings (SSSR count). The van der Waals surface area contributed by atoms with Gasteiger partial charge in [0.25, 0.3) is 0 Å². The van der Waals surface area contributed by atoms with Crippen molar-refractivity contribution in [1.29, 1.82) is 0 Å². The monoisotopic (exact) mass is 391 g/mol. The lowest BCUT2D eigenvalue weighted by Crippen LogP contribution is -2.48. The Bertz CT molecular complexity index is 746. The van der Waals surface area contributed by atoms with Crippen LogP contribution in [0, 0.1) is 29.9 Å². The molecule has 2 heterocycles. The predicted molar refractivity (Wildman–Crippen MR) is 103 cm³/mol. The van der Waals surface area contributed by atoms with Gasteiger partial charge < -0.3 is 10.2 Å². The second-order valence-electron chi connectivity index (χ2n) is 7.93. The summed E-state index contributed by atoms with van der Waals surface area (Å²) in [6.45, 7) is 4.34. The fraction of sp³-hybridized carbons (Fsp3) is 0.737. The molecule has 1 saturated carbocycles. The van der Waals surface area contributed by atoms with E-state index in [2.05, 4.69) is 10.4 Å². The molecule has 28 heavy (non-hydrogen) atoms. The number of piperidine rings is 1. The average molecular weight is 391 g/mol. The Balaban J connectivity index is 1.49. The number of hydrogen-bond donors (Lipinski definition) is 1. The summed E-state index contributed by atoms with van der Waals surface area (Å²) in [5.41, 5.74) is 0.682. The van der Waals surface area contributed by atoms with E-state index in [-0.39, 0.29) is 36.0 Å². The predicted octanol–water partition coefficient (Wildman–Crippen LogP) is 2.10. The van der Waals surface area contributed by atoms with Crippen LogP contribution in [0.4, 0.5) is 5.69 Å². The molecule has 1 N–H and O–H groups in total. The lowest BCUT2D eigenvalue weighted by molar-refractivity contribution is -0.386. The van der Waals surface area contributed by atoms with Crippen molar-refractivity contribution in [2.45, 2.75) is 71.4 Å². The number of nitrogens with one attached hydrogen (secondary N) is 1. The number of rotatable bonds is 5. The van der Waals surface area contributed by atoms with Crippen LogP contribution in [0.15, 0.2) is 0 Å². The van der Waals surface area contributed by atoms with E-state index in [1.165, 1.54) is 11.1 Å². The third-order valence-electron chi connectivity index (χ3n) is 5.98.